The van der Waals surface area contributed by atoms with E-state index in [1.807, 2.05) is 24.4 Å². The molecular formula is C23H29ClN6O2. The summed E-state index contributed by atoms with van der Waals surface area (Å²) in [6.45, 7) is 1.99. The van der Waals surface area contributed by atoms with Crippen LogP contribution in [0.4, 0.5) is 17.5 Å². The van der Waals surface area contributed by atoms with E-state index in [-0.39, 0.29) is 30.1 Å². The lowest BCUT2D eigenvalue weighted by atomic mass is 9.85. The molecule has 2 saturated carbocycles. The number of nitrogens with one attached hydrogen (secondary N) is 4. The summed E-state index contributed by atoms with van der Waals surface area (Å²) in [5.41, 5.74) is 3.64. The van der Waals surface area contributed by atoms with E-state index in [1.165, 1.54) is 19.3 Å². The third-order valence-corrected chi connectivity index (χ3v) is 6.31. The van der Waals surface area contributed by atoms with Gasteiger partial charge in [-0.25, -0.2) is 4.98 Å². The molecule has 2 aliphatic carbocycles. The van der Waals surface area contributed by atoms with Crippen LogP contribution in [0.15, 0.2) is 24.4 Å². The van der Waals surface area contributed by atoms with E-state index in [0.717, 1.165) is 48.4 Å². The highest BCUT2D eigenvalue weighted by Crippen LogP contribution is 2.42. The van der Waals surface area contributed by atoms with Crippen LogP contribution in [0.3, 0.4) is 0 Å². The smallest absolute Gasteiger partial charge is 0.251 e. The molecule has 1 aliphatic heterocycles. The van der Waals surface area contributed by atoms with Gasteiger partial charge in [0.05, 0.1) is 0 Å². The molecule has 9 heteroatoms. The van der Waals surface area contributed by atoms with Crippen LogP contribution in [0.25, 0.3) is 0 Å². The average Bonchev–Trinajstić information content (AvgIpc) is 3.50. The van der Waals surface area contributed by atoms with Gasteiger partial charge in [0.1, 0.15) is 5.82 Å². The molecule has 8 nitrogen and oxygen atoms in total. The molecule has 3 aliphatic rings. The number of carbonyl (C=O) groups is 2. The molecule has 0 radical (unpaired) electrons. The largest absolute Gasteiger partial charge is 0.370 e. The molecule has 2 fully saturated rings. The van der Waals surface area contributed by atoms with Crippen LogP contribution in [0.2, 0.25) is 0 Å². The molecule has 0 unspecified atom stereocenters. The lowest BCUT2D eigenvalue weighted by molar-refractivity contribution is -0.127. The van der Waals surface area contributed by atoms with Crippen molar-refractivity contribution < 1.29 is 9.59 Å². The minimum absolute atomic E-state index is 0. The molecule has 5 rings (SSSR count). The summed E-state index contributed by atoms with van der Waals surface area (Å²) in [6.07, 6.45) is 8.31. The van der Waals surface area contributed by atoms with Crippen molar-refractivity contribution in [3.63, 3.8) is 0 Å². The number of carbonyl (C=O) groups excluding carboxylic acids is 2. The van der Waals surface area contributed by atoms with Crippen molar-refractivity contribution in [1.82, 2.24) is 20.6 Å². The predicted molar refractivity (Wildman–Crippen MR) is 126 cm³/mol. The van der Waals surface area contributed by atoms with Crippen LogP contribution in [0.5, 0.6) is 0 Å². The summed E-state index contributed by atoms with van der Waals surface area (Å²) >= 11 is 0. The lowest BCUT2D eigenvalue weighted by Crippen LogP contribution is -2.35. The number of nitrogens with zero attached hydrogens (tertiary/aromatic N) is 2. The van der Waals surface area contributed by atoms with Crippen molar-refractivity contribution in [3.05, 3.63) is 41.1 Å². The standard InChI is InChI=1S/C23H28N6O2.ClH/c30-21(15-3-1-4-15)25-10-2-9-24-20-19(14-5-6-14)13-27-23(29-20)28-17-8-7-16-12-26-22(31)18(16)11-17;/h7-8,11,13-15H,1-6,9-10,12H2,(H,25,30)(H,26,31)(H2,24,27,28,29);1H. The van der Waals surface area contributed by atoms with E-state index in [9.17, 15) is 9.59 Å². The second-order valence-corrected chi connectivity index (χ2v) is 8.65. The van der Waals surface area contributed by atoms with Gasteiger partial charge in [-0.05, 0) is 55.7 Å². The Bertz CT molecular complexity index is 1010. The summed E-state index contributed by atoms with van der Waals surface area (Å²) < 4.78 is 0. The van der Waals surface area contributed by atoms with E-state index in [4.69, 9.17) is 4.98 Å². The third-order valence-electron chi connectivity index (χ3n) is 6.31. The third kappa shape index (κ3) is 4.96. The number of aromatic nitrogens is 2. The van der Waals surface area contributed by atoms with Crippen molar-refractivity contribution in [1.29, 1.82) is 0 Å². The number of rotatable bonds is 9. The Morgan fingerprint density at radius 3 is 2.75 bits per heavy atom. The van der Waals surface area contributed by atoms with Gasteiger partial charge < -0.3 is 21.3 Å². The van der Waals surface area contributed by atoms with Gasteiger partial charge in [0.25, 0.3) is 5.91 Å². The number of halogens is 1. The normalized spacial score (nSPS) is 16.9. The average molecular weight is 457 g/mol. The minimum Gasteiger partial charge on any atom is -0.370 e. The van der Waals surface area contributed by atoms with Crippen molar-refractivity contribution in [2.75, 3.05) is 23.7 Å². The van der Waals surface area contributed by atoms with Crippen molar-refractivity contribution >= 4 is 41.7 Å². The molecule has 4 N–H and O–H groups in total. The van der Waals surface area contributed by atoms with Crippen molar-refractivity contribution in [2.45, 2.75) is 51.0 Å². The second kappa shape index (κ2) is 9.73. The van der Waals surface area contributed by atoms with Gasteiger partial charge in [0, 0.05) is 48.6 Å². The minimum atomic E-state index is -0.0459. The van der Waals surface area contributed by atoms with Crippen LogP contribution in [0, 0.1) is 5.92 Å². The summed E-state index contributed by atoms with van der Waals surface area (Å²) in [6, 6.07) is 5.73. The number of fused-ring (bicyclic) bond motifs is 1. The topological polar surface area (TPSA) is 108 Å². The SMILES string of the molecule is Cl.O=C1NCc2ccc(Nc3ncc(C4CC4)c(NCCCNC(=O)C4CCC4)n3)cc21. The Morgan fingerprint density at radius 2 is 2.00 bits per heavy atom. The van der Waals surface area contributed by atoms with Crippen LogP contribution < -0.4 is 21.3 Å². The fourth-order valence-electron chi connectivity index (χ4n) is 4.03. The van der Waals surface area contributed by atoms with E-state index in [2.05, 4.69) is 26.3 Å². The molecular weight excluding hydrogens is 428 g/mol. The monoisotopic (exact) mass is 456 g/mol. The summed E-state index contributed by atoms with van der Waals surface area (Å²) in [5, 5.41) is 12.5. The van der Waals surface area contributed by atoms with Gasteiger partial charge in [-0.15, -0.1) is 12.4 Å². The quantitative estimate of drug-likeness (QED) is 0.430. The zero-order valence-electron chi connectivity index (χ0n) is 17.9. The lowest BCUT2D eigenvalue weighted by Gasteiger charge is -2.24. The van der Waals surface area contributed by atoms with Gasteiger partial charge in [-0.3, -0.25) is 9.59 Å². The summed E-state index contributed by atoms with van der Waals surface area (Å²) in [7, 11) is 0. The van der Waals surface area contributed by atoms with E-state index in [0.29, 0.717) is 30.5 Å². The van der Waals surface area contributed by atoms with E-state index >= 15 is 0 Å². The first-order chi connectivity index (χ1) is 15.2. The number of anilines is 3. The summed E-state index contributed by atoms with van der Waals surface area (Å²) in [5.74, 6) is 2.26. The maximum Gasteiger partial charge on any atom is 0.251 e. The Balaban J connectivity index is 0.00000245. The van der Waals surface area contributed by atoms with Gasteiger partial charge in [-0.1, -0.05) is 12.5 Å². The molecule has 0 spiro atoms. The van der Waals surface area contributed by atoms with Crippen molar-refractivity contribution in [2.24, 2.45) is 5.92 Å². The van der Waals surface area contributed by atoms with Gasteiger partial charge in [-0.2, -0.15) is 4.98 Å². The van der Waals surface area contributed by atoms with Gasteiger partial charge in [0.15, 0.2) is 0 Å². The molecule has 1 aromatic carbocycles. The highest BCUT2D eigenvalue weighted by molar-refractivity contribution is 5.99. The fourth-order valence-corrected chi connectivity index (χ4v) is 4.03. The van der Waals surface area contributed by atoms with Gasteiger partial charge in [0.2, 0.25) is 11.9 Å². The second-order valence-electron chi connectivity index (χ2n) is 8.65. The maximum absolute atomic E-state index is 11.9. The molecule has 32 heavy (non-hydrogen) atoms. The first-order valence-electron chi connectivity index (χ1n) is 11.2. The Morgan fingerprint density at radius 1 is 1.16 bits per heavy atom. The predicted octanol–water partition coefficient (Wildman–Crippen LogP) is 3.48. The fraction of sp³-hybridized carbons (Fsp3) is 0.478. The van der Waals surface area contributed by atoms with Gasteiger partial charge >= 0.3 is 0 Å². The van der Waals surface area contributed by atoms with Crippen LogP contribution in [0.1, 0.15) is 65.9 Å². The zero-order chi connectivity index (χ0) is 21.2. The molecule has 2 heterocycles. The molecule has 170 valence electrons. The number of benzene rings is 1. The van der Waals surface area contributed by atoms with E-state index in [1.54, 1.807) is 0 Å². The summed E-state index contributed by atoms with van der Waals surface area (Å²) in [4.78, 5) is 33.0. The number of amides is 2. The Hall–Kier alpha value is -2.87. The highest BCUT2D eigenvalue weighted by Gasteiger charge is 2.28. The molecule has 2 aromatic rings. The molecule has 0 saturated heterocycles. The van der Waals surface area contributed by atoms with Crippen molar-refractivity contribution in [3.8, 4) is 0 Å². The van der Waals surface area contributed by atoms with Crippen LogP contribution >= 0.6 is 12.4 Å². The maximum atomic E-state index is 11.9. The van der Waals surface area contributed by atoms with E-state index < -0.39 is 0 Å². The molecule has 2 amide bonds. The number of hydrogen-bond acceptors (Lipinski definition) is 6. The first-order valence-corrected chi connectivity index (χ1v) is 11.2. The molecule has 0 bridgehead atoms. The van der Waals surface area contributed by atoms with Crippen LogP contribution in [-0.2, 0) is 11.3 Å². The highest BCUT2D eigenvalue weighted by atomic mass is 35.5. The molecule has 0 atom stereocenters. The zero-order valence-corrected chi connectivity index (χ0v) is 18.8. The Labute approximate surface area is 193 Å². The number of hydrogen-bond donors (Lipinski definition) is 4. The first kappa shape index (κ1) is 22.3. The molecule has 1 aromatic heterocycles. The van der Waals surface area contributed by atoms with Crippen LogP contribution in [-0.4, -0.2) is 34.9 Å². The Kier molecular flexibility index (Phi) is 6.79.